The van der Waals surface area contributed by atoms with Crippen molar-refractivity contribution in [2.75, 3.05) is 32.8 Å². The van der Waals surface area contributed by atoms with Crippen molar-refractivity contribution in [3.05, 3.63) is 11.5 Å². The van der Waals surface area contributed by atoms with Gasteiger partial charge in [0.25, 0.3) is 0 Å². The lowest BCUT2D eigenvalue weighted by Gasteiger charge is -2.34. The van der Waals surface area contributed by atoms with Gasteiger partial charge in [0, 0.05) is 50.8 Å². The highest BCUT2D eigenvalue weighted by Gasteiger charge is 2.39. The summed E-state index contributed by atoms with van der Waals surface area (Å²) in [7, 11) is 0. The molecular formula is C18H31N3O3. The van der Waals surface area contributed by atoms with Gasteiger partial charge >= 0.3 is 0 Å². The van der Waals surface area contributed by atoms with Crippen LogP contribution in [0.15, 0.2) is 16.4 Å². The molecule has 136 valence electrons. The minimum absolute atomic E-state index is 0.0729. The molecule has 0 aromatic rings. The quantitative estimate of drug-likeness (QED) is 0.419. The fourth-order valence-electron chi connectivity index (χ4n) is 2.48. The van der Waals surface area contributed by atoms with Crippen LogP contribution in [-0.2, 0) is 9.53 Å². The summed E-state index contributed by atoms with van der Waals surface area (Å²) in [6, 6.07) is 0.202. The van der Waals surface area contributed by atoms with E-state index in [9.17, 15) is 10.0 Å². The Balaban J connectivity index is 2.23. The van der Waals surface area contributed by atoms with E-state index in [2.05, 4.69) is 30.7 Å². The van der Waals surface area contributed by atoms with Crippen LogP contribution in [0.5, 0.6) is 0 Å². The zero-order chi connectivity index (χ0) is 17.7. The predicted octanol–water partition coefficient (Wildman–Crippen LogP) is 2.48. The molecule has 24 heavy (non-hydrogen) atoms. The molecule has 0 aromatic heterocycles. The number of hydrogen-bond donors (Lipinski definition) is 1. The van der Waals surface area contributed by atoms with Crippen LogP contribution in [0, 0.1) is 5.41 Å². The van der Waals surface area contributed by atoms with Crippen molar-refractivity contribution in [1.29, 1.82) is 0 Å². The monoisotopic (exact) mass is 337 g/mol. The number of nitrogens with zero attached hydrogens (tertiary/aromatic N) is 3. The minimum atomic E-state index is -0.0729. The number of carbonyl (C=O) groups excluding carboxylic acids is 1. The molecule has 2 aliphatic rings. The minimum Gasteiger partial charge on any atom is -0.487 e. The molecule has 1 aliphatic carbocycles. The van der Waals surface area contributed by atoms with Crippen molar-refractivity contribution in [2.24, 2.45) is 10.4 Å². The summed E-state index contributed by atoms with van der Waals surface area (Å²) < 4.78 is 5.96. The largest absolute Gasteiger partial charge is 0.487 e. The number of carbonyl (C=O) groups is 1. The second-order valence-corrected chi connectivity index (χ2v) is 7.35. The average molecular weight is 337 g/mol. The normalized spacial score (nSPS) is 23.1. The molecule has 1 saturated carbocycles. The molecule has 6 nitrogen and oxygen atoms in total. The lowest BCUT2D eigenvalue weighted by Crippen LogP contribution is -2.45. The van der Waals surface area contributed by atoms with Crippen LogP contribution in [-0.4, -0.2) is 66.0 Å². The number of hydroxylamine groups is 2. The number of Topliss-reactive ketones (excluding diaryl/α,β-unsaturated/α-hetero) is 1. The van der Waals surface area contributed by atoms with Gasteiger partial charge in [0.15, 0.2) is 11.5 Å². The predicted molar refractivity (Wildman–Crippen MR) is 94.2 cm³/mol. The summed E-state index contributed by atoms with van der Waals surface area (Å²) in [4.78, 5) is 18.9. The molecule has 1 saturated heterocycles. The Morgan fingerprint density at radius 3 is 2.46 bits per heavy atom. The van der Waals surface area contributed by atoms with Gasteiger partial charge in [-0.2, -0.15) is 5.06 Å². The number of ether oxygens (including phenoxy) is 1. The van der Waals surface area contributed by atoms with Gasteiger partial charge in [-0.3, -0.25) is 9.79 Å². The van der Waals surface area contributed by atoms with E-state index >= 15 is 0 Å². The van der Waals surface area contributed by atoms with E-state index < -0.39 is 0 Å². The van der Waals surface area contributed by atoms with Crippen LogP contribution in [0.1, 0.15) is 47.0 Å². The highest BCUT2D eigenvalue weighted by Crippen LogP contribution is 2.45. The maximum Gasteiger partial charge on any atom is 0.196 e. The van der Waals surface area contributed by atoms with Crippen molar-refractivity contribution >= 4 is 12.0 Å². The van der Waals surface area contributed by atoms with Crippen LogP contribution in [0.3, 0.4) is 0 Å². The van der Waals surface area contributed by atoms with Crippen LogP contribution < -0.4 is 0 Å². The number of piperazine rings is 1. The van der Waals surface area contributed by atoms with E-state index in [1.54, 1.807) is 13.1 Å². The van der Waals surface area contributed by atoms with Crippen molar-refractivity contribution in [1.82, 2.24) is 9.96 Å². The van der Waals surface area contributed by atoms with Crippen LogP contribution in [0.25, 0.3) is 0 Å². The molecular weight excluding hydrogens is 306 g/mol. The molecule has 1 N–H and O–H groups in total. The Morgan fingerprint density at radius 1 is 1.33 bits per heavy atom. The van der Waals surface area contributed by atoms with E-state index in [4.69, 9.17) is 4.74 Å². The Bertz CT molecular complexity index is 504. The van der Waals surface area contributed by atoms with Gasteiger partial charge < -0.3 is 14.8 Å². The summed E-state index contributed by atoms with van der Waals surface area (Å²) >= 11 is 0. The molecule has 1 heterocycles. The van der Waals surface area contributed by atoms with E-state index in [1.165, 1.54) is 5.06 Å². The zero-order valence-corrected chi connectivity index (χ0v) is 15.4. The highest BCUT2D eigenvalue weighted by atomic mass is 16.5. The molecule has 0 aromatic carbocycles. The molecule has 1 unspecified atom stereocenters. The standard InChI is InChI=1S/C18H31N3O3/c1-5-14(2)19-12-16(20-8-10-21(23)11-9-20)17(15(3)22)24-13-18(4)6-7-18/h12,14,23H,5-11,13H2,1-4H3/b17-16-,19-12-. The SMILES string of the molecule is CCC(C)/N=C\C(=C(\OCC1(C)CC1)C(C)=O)N1CCN(O)CC1. The Morgan fingerprint density at radius 2 is 1.96 bits per heavy atom. The molecule has 0 amide bonds. The topological polar surface area (TPSA) is 65.4 Å². The third-order valence-corrected chi connectivity index (χ3v) is 4.86. The van der Waals surface area contributed by atoms with Crippen molar-refractivity contribution in [2.45, 2.75) is 53.0 Å². The highest BCUT2D eigenvalue weighted by molar-refractivity contribution is 5.97. The molecule has 1 aliphatic heterocycles. The number of hydrogen-bond acceptors (Lipinski definition) is 6. The van der Waals surface area contributed by atoms with E-state index in [1.807, 2.05) is 0 Å². The van der Waals surface area contributed by atoms with Crippen LogP contribution >= 0.6 is 0 Å². The van der Waals surface area contributed by atoms with Gasteiger partial charge in [-0.15, -0.1) is 0 Å². The maximum atomic E-state index is 12.2. The van der Waals surface area contributed by atoms with Gasteiger partial charge in [0.1, 0.15) is 5.70 Å². The van der Waals surface area contributed by atoms with Gasteiger partial charge in [-0.1, -0.05) is 13.8 Å². The lowest BCUT2D eigenvalue weighted by atomic mass is 10.1. The van der Waals surface area contributed by atoms with Crippen molar-refractivity contribution < 1.29 is 14.7 Å². The molecule has 6 heteroatoms. The van der Waals surface area contributed by atoms with Crippen molar-refractivity contribution in [3.63, 3.8) is 0 Å². The number of allylic oxidation sites excluding steroid dienone is 2. The summed E-state index contributed by atoms with van der Waals surface area (Å²) in [5.41, 5.74) is 0.962. The van der Waals surface area contributed by atoms with Crippen LogP contribution in [0.4, 0.5) is 0 Å². The molecule has 2 rings (SSSR count). The summed E-state index contributed by atoms with van der Waals surface area (Å²) in [5.74, 6) is 0.331. The van der Waals surface area contributed by atoms with E-state index in [-0.39, 0.29) is 17.2 Å². The second kappa shape index (κ2) is 8.12. The van der Waals surface area contributed by atoms with Gasteiger partial charge in [-0.05, 0) is 26.2 Å². The fraction of sp³-hybridized carbons (Fsp3) is 0.778. The third-order valence-electron chi connectivity index (χ3n) is 4.86. The molecule has 0 bridgehead atoms. The summed E-state index contributed by atoms with van der Waals surface area (Å²) in [5, 5.41) is 10.9. The van der Waals surface area contributed by atoms with E-state index in [0.29, 0.717) is 38.5 Å². The zero-order valence-electron chi connectivity index (χ0n) is 15.4. The molecule has 0 spiro atoms. The first-order chi connectivity index (χ1) is 11.3. The number of aliphatic imine (C=N–C) groups is 1. The molecule has 2 fully saturated rings. The van der Waals surface area contributed by atoms with E-state index in [0.717, 1.165) is 25.0 Å². The van der Waals surface area contributed by atoms with Gasteiger partial charge in [0.2, 0.25) is 0 Å². The first-order valence-corrected chi connectivity index (χ1v) is 8.94. The fourth-order valence-corrected chi connectivity index (χ4v) is 2.48. The number of ketones is 1. The Kier molecular flexibility index (Phi) is 6.40. The maximum absolute atomic E-state index is 12.2. The molecule has 0 radical (unpaired) electrons. The summed E-state index contributed by atoms with van der Waals surface area (Å²) in [6.07, 6.45) is 5.03. The number of rotatable bonds is 8. The van der Waals surface area contributed by atoms with Gasteiger partial charge in [-0.25, -0.2) is 0 Å². The van der Waals surface area contributed by atoms with Gasteiger partial charge in [0.05, 0.1) is 6.61 Å². The first kappa shape index (κ1) is 18.9. The molecule has 1 atom stereocenters. The average Bonchev–Trinajstić information content (AvgIpc) is 3.28. The first-order valence-electron chi connectivity index (χ1n) is 8.94. The Hall–Kier alpha value is -1.40. The smallest absolute Gasteiger partial charge is 0.196 e. The third kappa shape index (κ3) is 5.31. The summed E-state index contributed by atoms with van der Waals surface area (Å²) in [6.45, 7) is 10.8. The van der Waals surface area contributed by atoms with Crippen LogP contribution in [0.2, 0.25) is 0 Å². The Labute approximate surface area is 145 Å². The second-order valence-electron chi connectivity index (χ2n) is 7.35. The lowest BCUT2D eigenvalue weighted by molar-refractivity contribution is -0.118. The van der Waals surface area contributed by atoms with Crippen molar-refractivity contribution in [3.8, 4) is 0 Å².